The van der Waals surface area contributed by atoms with Gasteiger partial charge in [-0.3, -0.25) is 9.69 Å². The van der Waals surface area contributed by atoms with Crippen LogP contribution in [0.3, 0.4) is 0 Å². The fraction of sp³-hybridized carbons (Fsp3) is 0.421. The molecule has 1 amide bonds. The smallest absolute Gasteiger partial charge is 0.237 e. The number of nitrogens with zero attached hydrogens (tertiary/aromatic N) is 1. The fourth-order valence-electron chi connectivity index (χ4n) is 2.66. The van der Waals surface area contributed by atoms with E-state index in [1.165, 1.54) is 5.56 Å². The van der Waals surface area contributed by atoms with Crippen LogP contribution in [0.4, 0.5) is 0 Å². The third-order valence-electron chi connectivity index (χ3n) is 3.95. The Morgan fingerprint density at radius 2 is 1.92 bits per heavy atom. The van der Waals surface area contributed by atoms with E-state index in [0.717, 1.165) is 30.8 Å². The Morgan fingerprint density at radius 1 is 1.20 bits per heavy atom. The zero-order valence-corrected chi connectivity index (χ0v) is 15.7. The molecule has 5 nitrogen and oxygen atoms in total. The first kappa shape index (κ1) is 21.2. The van der Waals surface area contributed by atoms with E-state index in [4.69, 9.17) is 10.2 Å². The van der Waals surface area contributed by atoms with Gasteiger partial charge in [0.05, 0.1) is 18.8 Å². The molecule has 0 aliphatic heterocycles. The molecular weight excluding hydrogens is 338 g/mol. The third kappa shape index (κ3) is 6.90. The summed E-state index contributed by atoms with van der Waals surface area (Å²) in [7, 11) is 2.05. The molecule has 6 heteroatoms. The van der Waals surface area contributed by atoms with Gasteiger partial charge in [0.2, 0.25) is 5.91 Å². The van der Waals surface area contributed by atoms with Gasteiger partial charge in [-0.15, -0.1) is 12.4 Å². The van der Waals surface area contributed by atoms with E-state index in [1.807, 2.05) is 37.3 Å². The summed E-state index contributed by atoms with van der Waals surface area (Å²) in [5.41, 5.74) is 8.16. The summed E-state index contributed by atoms with van der Waals surface area (Å²) in [6.45, 7) is 4.06. The topological polar surface area (TPSA) is 71.5 Å². The van der Waals surface area contributed by atoms with Crippen LogP contribution in [0.15, 0.2) is 47.1 Å². The second-order valence-corrected chi connectivity index (χ2v) is 6.13. The first-order valence-corrected chi connectivity index (χ1v) is 8.41. The van der Waals surface area contributed by atoms with Crippen molar-refractivity contribution in [1.82, 2.24) is 10.2 Å². The van der Waals surface area contributed by atoms with Gasteiger partial charge in [-0.05, 0) is 36.7 Å². The lowest BCUT2D eigenvalue weighted by Crippen LogP contribution is -2.40. The zero-order valence-electron chi connectivity index (χ0n) is 14.9. The van der Waals surface area contributed by atoms with E-state index < -0.39 is 6.04 Å². The Hall–Kier alpha value is -1.82. The van der Waals surface area contributed by atoms with Crippen LogP contribution in [0, 0.1) is 0 Å². The normalized spacial score (nSPS) is 11.8. The first-order chi connectivity index (χ1) is 11.6. The number of amides is 1. The average molecular weight is 366 g/mol. The van der Waals surface area contributed by atoms with E-state index in [1.54, 1.807) is 6.26 Å². The predicted octanol–water partition coefficient (Wildman–Crippen LogP) is 3.08. The number of rotatable bonds is 9. The minimum absolute atomic E-state index is 0. The Morgan fingerprint density at radius 3 is 2.56 bits per heavy atom. The summed E-state index contributed by atoms with van der Waals surface area (Å²) >= 11 is 0. The molecule has 0 aliphatic rings. The number of hydrogen-bond donors (Lipinski definition) is 2. The van der Waals surface area contributed by atoms with Crippen LogP contribution >= 0.6 is 12.4 Å². The second kappa shape index (κ2) is 10.9. The molecule has 2 rings (SSSR count). The molecule has 0 saturated heterocycles. The van der Waals surface area contributed by atoms with Gasteiger partial charge >= 0.3 is 0 Å². The van der Waals surface area contributed by atoms with Crippen molar-refractivity contribution in [3.63, 3.8) is 0 Å². The first-order valence-electron chi connectivity index (χ1n) is 8.41. The van der Waals surface area contributed by atoms with E-state index in [9.17, 15) is 4.79 Å². The number of hydrogen-bond acceptors (Lipinski definition) is 4. The molecular formula is C19H28ClN3O2. The monoisotopic (exact) mass is 365 g/mol. The van der Waals surface area contributed by atoms with Gasteiger partial charge in [0.15, 0.2) is 0 Å². The lowest BCUT2D eigenvalue weighted by molar-refractivity contribution is -0.122. The number of benzene rings is 1. The maximum absolute atomic E-state index is 12.0. The summed E-state index contributed by atoms with van der Waals surface area (Å²) in [4.78, 5) is 14.2. The minimum Gasteiger partial charge on any atom is -0.468 e. The van der Waals surface area contributed by atoms with Crippen LogP contribution in [0.1, 0.15) is 36.7 Å². The Bertz CT molecular complexity index is 631. The summed E-state index contributed by atoms with van der Waals surface area (Å²) in [6.07, 6.45) is 3.30. The van der Waals surface area contributed by atoms with Crippen molar-refractivity contribution >= 4 is 18.3 Å². The highest BCUT2D eigenvalue weighted by molar-refractivity contribution is 5.85. The maximum Gasteiger partial charge on any atom is 0.237 e. The van der Waals surface area contributed by atoms with Crippen molar-refractivity contribution in [2.75, 3.05) is 7.05 Å². The van der Waals surface area contributed by atoms with Gasteiger partial charge in [-0.25, -0.2) is 0 Å². The lowest BCUT2D eigenvalue weighted by atomic mass is 10.1. The third-order valence-corrected chi connectivity index (χ3v) is 3.95. The van der Waals surface area contributed by atoms with Crippen LogP contribution in [-0.2, 0) is 24.4 Å². The number of halogens is 1. The van der Waals surface area contributed by atoms with Crippen molar-refractivity contribution in [3.8, 4) is 0 Å². The SMILES string of the molecule is CCCC(N)C(=O)NCc1ccccc1CN(C)Cc1ccco1.Cl. The molecule has 0 bridgehead atoms. The molecule has 1 unspecified atom stereocenters. The van der Waals surface area contributed by atoms with Gasteiger partial charge in [0.1, 0.15) is 5.76 Å². The molecule has 1 heterocycles. The van der Waals surface area contributed by atoms with Crippen molar-refractivity contribution in [3.05, 3.63) is 59.5 Å². The van der Waals surface area contributed by atoms with Crippen molar-refractivity contribution in [2.24, 2.45) is 5.73 Å². The molecule has 3 N–H and O–H groups in total. The molecule has 0 saturated carbocycles. The standard InChI is InChI=1S/C19H27N3O2.ClH/c1-3-7-18(20)19(23)21-12-15-8-4-5-9-16(15)13-22(2)14-17-10-6-11-24-17;/h4-6,8-11,18H,3,7,12-14,20H2,1-2H3,(H,21,23);1H. The predicted molar refractivity (Wildman–Crippen MR) is 102 cm³/mol. The van der Waals surface area contributed by atoms with Crippen molar-refractivity contribution in [1.29, 1.82) is 0 Å². The molecule has 0 radical (unpaired) electrons. The number of nitrogens with two attached hydrogens (primary N) is 1. The van der Waals surface area contributed by atoms with Crippen molar-refractivity contribution < 1.29 is 9.21 Å². The summed E-state index contributed by atoms with van der Waals surface area (Å²) < 4.78 is 5.39. The number of nitrogens with one attached hydrogen (secondary N) is 1. The number of carbonyl (C=O) groups is 1. The van der Waals surface area contributed by atoms with Crippen LogP contribution in [0.2, 0.25) is 0 Å². The zero-order chi connectivity index (χ0) is 17.4. The highest BCUT2D eigenvalue weighted by Crippen LogP contribution is 2.13. The summed E-state index contributed by atoms with van der Waals surface area (Å²) in [5.74, 6) is 0.851. The van der Waals surface area contributed by atoms with Gasteiger partial charge in [0.25, 0.3) is 0 Å². The number of carbonyl (C=O) groups excluding carboxylic acids is 1. The van der Waals surface area contributed by atoms with E-state index in [0.29, 0.717) is 13.0 Å². The van der Waals surface area contributed by atoms with E-state index >= 15 is 0 Å². The molecule has 0 aliphatic carbocycles. The molecule has 25 heavy (non-hydrogen) atoms. The van der Waals surface area contributed by atoms with Crippen LogP contribution in [0.5, 0.6) is 0 Å². The second-order valence-electron chi connectivity index (χ2n) is 6.13. The quantitative estimate of drug-likeness (QED) is 0.716. The summed E-state index contributed by atoms with van der Waals surface area (Å²) in [6, 6.07) is 11.6. The van der Waals surface area contributed by atoms with Crippen molar-refractivity contribution in [2.45, 2.75) is 45.4 Å². The van der Waals surface area contributed by atoms with E-state index in [2.05, 4.69) is 23.3 Å². The van der Waals surface area contributed by atoms with Crippen LogP contribution < -0.4 is 11.1 Å². The molecule has 0 fully saturated rings. The highest BCUT2D eigenvalue weighted by atomic mass is 35.5. The van der Waals surface area contributed by atoms with Gasteiger partial charge in [0, 0.05) is 13.1 Å². The molecule has 1 atom stereocenters. The van der Waals surface area contributed by atoms with Gasteiger partial charge < -0.3 is 15.5 Å². The maximum atomic E-state index is 12.0. The highest BCUT2D eigenvalue weighted by Gasteiger charge is 2.13. The molecule has 0 spiro atoms. The minimum atomic E-state index is -0.427. The molecule has 2 aromatic rings. The molecule has 1 aromatic heterocycles. The van der Waals surface area contributed by atoms with E-state index in [-0.39, 0.29) is 18.3 Å². The Balaban J connectivity index is 0.00000312. The lowest BCUT2D eigenvalue weighted by Gasteiger charge is -2.18. The Kier molecular flexibility index (Phi) is 9.27. The average Bonchev–Trinajstić information content (AvgIpc) is 3.06. The van der Waals surface area contributed by atoms with Gasteiger partial charge in [-0.2, -0.15) is 0 Å². The summed E-state index contributed by atoms with van der Waals surface area (Å²) in [5, 5.41) is 2.94. The largest absolute Gasteiger partial charge is 0.468 e. The van der Waals surface area contributed by atoms with Crippen LogP contribution in [-0.4, -0.2) is 23.9 Å². The van der Waals surface area contributed by atoms with Crippen LogP contribution in [0.25, 0.3) is 0 Å². The number of furan rings is 1. The fourth-order valence-corrected chi connectivity index (χ4v) is 2.66. The van der Waals surface area contributed by atoms with Gasteiger partial charge in [-0.1, -0.05) is 37.6 Å². The Labute approximate surface area is 156 Å². The molecule has 1 aromatic carbocycles. The molecule has 138 valence electrons.